The Morgan fingerprint density at radius 1 is 1.24 bits per heavy atom. The topological polar surface area (TPSA) is 29.3 Å². The fourth-order valence-electron chi connectivity index (χ4n) is 3.66. The van der Waals surface area contributed by atoms with Gasteiger partial charge in [0.05, 0.1) is 0 Å². The van der Waals surface area contributed by atoms with Gasteiger partial charge < -0.3 is 5.73 Å². The van der Waals surface area contributed by atoms with Crippen molar-refractivity contribution in [1.29, 1.82) is 0 Å². The summed E-state index contributed by atoms with van der Waals surface area (Å²) in [6, 6.07) is 9.94. The summed E-state index contributed by atoms with van der Waals surface area (Å²) in [6.45, 7) is 5.71. The van der Waals surface area contributed by atoms with Gasteiger partial charge in [-0.15, -0.1) is 0 Å². The highest BCUT2D eigenvalue weighted by atomic mass is 35.5. The summed E-state index contributed by atoms with van der Waals surface area (Å²) < 4.78 is 0. The van der Waals surface area contributed by atoms with E-state index in [-0.39, 0.29) is 0 Å². The summed E-state index contributed by atoms with van der Waals surface area (Å²) in [6.07, 6.45) is 7.12. The molecule has 0 bridgehead atoms. The van der Waals surface area contributed by atoms with Crippen LogP contribution in [0.4, 0.5) is 0 Å². The molecule has 1 aromatic rings. The van der Waals surface area contributed by atoms with Crippen LogP contribution in [-0.2, 0) is 0 Å². The Labute approximate surface area is 134 Å². The third kappa shape index (κ3) is 4.45. The predicted molar refractivity (Wildman–Crippen MR) is 91.7 cm³/mol. The maximum Gasteiger partial charge on any atom is 0.0409 e. The molecule has 1 fully saturated rings. The standard InChI is InChI=1S/C18H29ClN2/c1-3-12-21(17-10-8-16(20)9-11-17)18(4-2)14-6-5-7-15(19)13-14/h5-7,13,16-18H,3-4,8-12,20H2,1-2H3. The molecule has 2 N–H and O–H groups in total. The van der Waals surface area contributed by atoms with Crippen LogP contribution in [0.3, 0.4) is 0 Å². The summed E-state index contributed by atoms with van der Waals surface area (Å²) >= 11 is 6.20. The molecule has 2 nitrogen and oxygen atoms in total. The minimum atomic E-state index is 0.413. The van der Waals surface area contributed by atoms with Crippen molar-refractivity contribution in [1.82, 2.24) is 4.90 Å². The molecule has 1 aromatic carbocycles. The van der Waals surface area contributed by atoms with E-state index in [1.807, 2.05) is 6.07 Å². The van der Waals surface area contributed by atoms with Crippen LogP contribution >= 0.6 is 11.6 Å². The minimum Gasteiger partial charge on any atom is -0.328 e. The number of halogens is 1. The van der Waals surface area contributed by atoms with Crippen LogP contribution in [0, 0.1) is 0 Å². The van der Waals surface area contributed by atoms with Gasteiger partial charge in [0.25, 0.3) is 0 Å². The molecular formula is C18H29ClN2. The first-order valence-electron chi connectivity index (χ1n) is 8.42. The van der Waals surface area contributed by atoms with E-state index in [9.17, 15) is 0 Å². The Morgan fingerprint density at radius 2 is 1.95 bits per heavy atom. The van der Waals surface area contributed by atoms with Crippen LogP contribution in [0.2, 0.25) is 5.02 Å². The van der Waals surface area contributed by atoms with Crippen LogP contribution in [0.15, 0.2) is 24.3 Å². The van der Waals surface area contributed by atoms with E-state index >= 15 is 0 Å². The van der Waals surface area contributed by atoms with Crippen LogP contribution in [0.1, 0.15) is 64.0 Å². The molecule has 1 saturated carbocycles. The Hall–Kier alpha value is -0.570. The zero-order valence-corrected chi connectivity index (χ0v) is 14.1. The van der Waals surface area contributed by atoms with Crippen LogP contribution < -0.4 is 5.73 Å². The predicted octanol–water partition coefficient (Wildman–Crippen LogP) is 4.77. The molecule has 0 aliphatic heterocycles. The second-order valence-corrected chi connectivity index (χ2v) is 6.72. The zero-order valence-electron chi connectivity index (χ0n) is 13.4. The Bertz CT molecular complexity index is 427. The third-order valence-corrected chi connectivity index (χ3v) is 4.95. The van der Waals surface area contributed by atoms with Gasteiger partial charge in [-0.1, -0.05) is 37.6 Å². The highest BCUT2D eigenvalue weighted by Gasteiger charge is 2.29. The summed E-state index contributed by atoms with van der Waals surface area (Å²) in [7, 11) is 0. The Balaban J connectivity index is 2.17. The lowest BCUT2D eigenvalue weighted by Gasteiger charge is -2.41. The zero-order chi connectivity index (χ0) is 15.2. The largest absolute Gasteiger partial charge is 0.328 e. The molecule has 1 aliphatic carbocycles. The van der Waals surface area contributed by atoms with Gasteiger partial charge in [-0.25, -0.2) is 0 Å². The maximum absolute atomic E-state index is 6.20. The molecule has 1 unspecified atom stereocenters. The van der Waals surface area contributed by atoms with Crippen molar-refractivity contribution < 1.29 is 0 Å². The van der Waals surface area contributed by atoms with Gasteiger partial charge in [0, 0.05) is 23.1 Å². The van der Waals surface area contributed by atoms with Gasteiger partial charge >= 0.3 is 0 Å². The number of hydrogen-bond acceptors (Lipinski definition) is 2. The second-order valence-electron chi connectivity index (χ2n) is 6.29. The van der Waals surface area contributed by atoms with Crippen molar-refractivity contribution in [2.45, 2.75) is 70.5 Å². The van der Waals surface area contributed by atoms with Crippen LogP contribution in [-0.4, -0.2) is 23.5 Å². The van der Waals surface area contributed by atoms with E-state index in [4.69, 9.17) is 17.3 Å². The Morgan fingerprint density at radius 3 is 2.52 bits per heavy atom. The first-order valence-corrected chi connectivity index (χ1v) is 8.80. The lowest BCUT2D eigenvalue weighted by Crippen LogP contribution is -2.43. The molecular weight excluding hydrogens is 280 g/mol. The molecule has 0 spiro atoms. The van der Waals surface area contributed by atoms with Crippen molar-refractivity contribution in [3.05, 3.63) is 34.9 Å². The molecule has 1 atom stereocenters. The van der Waals surface area contributed by atoms with Gasteiger partial charge in [-0.3, -0.25) is 4.90 Å². The highest BCUT2D eigenvalue weighted by Crippen LogP contribution is 2.33. The number of nitrogens with two attached hydrogens (primary N) is 1. The van der Waals surface area contributed by atoms with Gasteiger partial charge in [0.1, 0.15) is 0 Å². The molecule has 21 heavy (non-hydrogen) atoms. The van der Waals surface area contributed by atoms with E-state index < -0.39 is 0 Å². The van der Waals surface area contributed by atoms with Crippen LogP contribution in [0.25, 0.3) is 0 Å². The van der Waals surface area contributed by atoms with E-state index in [0.717, 1.165) is 30.8 Å². The van der Waals surface area contributed by atoms with Crippen molar-refractivity contribution in [2.24, 2.45) is 5.73 Å². The summed E-state index contributed by atoms with van der Waals surface area (Å²) in [5, 5.41) is 0.841. The average Bonchev–Trinajstić information content (AvgIpc) is 2.48. The molecule has 0 radical (unpaired) electrons. The van der Waals surface area contributed by atoms with Crippen molar-refractivity contribution in [2.75, 3.05) is 6.54 Å². The first kappa shape index (κ1) is 16.8. The van der Waals surface area contributed by atoms with E-state index in [1.165, 1.54) is 24.8 Å². The molecule has 0 amide bonds. The normalized spacial score (nSPS) is 24.2. The van der Waals surface area contributed by atoms with E-state index in [1.54, 1.807) is 0 Å². The fraction of sp³-hybridized carbons (Fsp3) is 0.667. The second kappa shape index (κ2) is 8.17. The fourth-order valence-corrected chi connectivity index (χ4v) is 3.86. The lowest BCUT2D eigenvalue weighted by atomic mass is 9.88. The summed E-state index contributed by atoms with van der Waals surface area (Å²) in [5.74, 6) is 0. The SMILES string of the molecule is CCCN(C1CCC(N)CC1)C(CC)c1cccc(Cl)c1. The molecule has 0 saturated heterocycles. The molecule has 1 aliphatic rings. The van der Waals surface area contributed by atoms with Gasteiger partial charge in [0.15, 0.2) is 0 Å². The van der Waals surface area contributed by atoms with Gasteiger partial charge in [-0.2, -0.15) is 0 Å². The number of rotatable bonds is 6. The number of benzene rings is 1. The van der Waals surface area contributed by atoms with Gasteiger partial charge in [0.2, 0.25) is 0 Å². The monoisotopic (exact) mass is 308 g/mol. The van der Waals surface area contributed by atoms with Crippen molar-refractivity contribution >= 4 is 11.6 Å². The smallest absolute Gasteiger partial charge is 0.0409 e. The number of hydrogen-bond donors (Lipinski definition) is 1. The lowest BCUT2D eigenvalue weighted by molar-refractivity contribution is 0.0962. The Kier molecular flexibility index (Phi) is 6.53. The van der Waals surface area contributed by atoms with E-state index in [0.29, 0.717) is 18.1 Å². The highest BCUT2D eigenvalue weighted by molar-refractivity contribution is 6.30. The molecule has 2 rings (SSSR count). The van der Waals surface area contributed by atoms with E-state index in [2.05, 4.69) is 36.9 Å². The van der Waals surface area contributed by atoms with Crippen molar-refractivity contribution in [3.8, 4) is 0 Å². The average molecular weight is 309 g/mol. The maximum atomic E-state index is 6.20. The molecule has 118 valence electrons. The van der Waals surface area contributed by atoms with Gasteiger partial charge in [-0.05, 0) is 62.8 Å². The molecule has 0 heterocycles. The third-order valence-electron chi connectivity index (χ3n) is 4.71. The summed E-state index contributed by atoms with van der Waals surface area (Å²) in [5.41, 5.74) is 7.43. The van der Waals surface area contributed by atoms with Crippen molar-refractivity contribution in [3.63, 3.8) is 0 Å². The first-order chi connectivity index (χ1) is 10.2. The molecule has 0 aromatic heterocycles. The van der Waals surface area contributed by atoms with Crippen LogP contribution in [0.5, 0.6) is 0 Å². The number of nitrogens with zero attached hydrogens (tertiary/aromatic N) is 1. The summed E-state index contributed by atoms with van der Waals surface area (Å²) in [4.78, 5) is 2.71. The molecule has 3 heteroatoms. The quantitative estimate of drug-likeness (QED) is 0.820. The minimum absolute atomic E-state index is 0.413.